The molecule has 30 heavy (non-hydrogen) atoms. The Morgan fingerprint density at radius 3 is 2.50 bits per heavy atom. The Morgan fingerprint density at radius 1 is 0.933 bits per heavy atom. The number of hydrogen-bond donors (Lipinski definition) is 2. The molecule has 0 fully saturated rings. The smallest absolute Gasteiger partial charge is 0.319 e. The summed E-state index contributed by atoms with van der Waals surface area (Å²) >= 11 is 1.67. The summed E-state index contributed by atoms with van der Waals surface area (Å²) in [6.45, 7) is 2.54. The maximum atomic E-state index is 12.4. The number of carbonyl (C=O) groups is 1. The van der Waals surface area contributed by atoms with Crippen LogP contribution in [0, 0.1) is 6.92 Å². The van der Waals surface area contributed by atoms with Crippen molar-refractivity contribution in [1.29, 1.82) is 0 Å². The van der Waals surface area contributed by atoms with E-state index in [2.05, 4.69) is 52.9 Å². The van der Waals surface area contributed by atoms with Crippen LogP contribution in [0.3, 0.4) is 0 Å². The van der Waals surface area contributed by atoms with Crippen LogP contribution in [0.4, 0.5) is 10.5 Å². The summed E-state index contributed by atoms with van der Waals surface area (Å²) in [5.41, 5.74) is 5.41. The Bertz CT molecular complexity index is 1190. The quantitative estimate of drug-likeness (QED) is 0.380. The van der Waals surface area contributed by atoms with Gasteiger partial charge in [0, 0.05) is 34.9 Å². The van der Waals surface area contributed by atoms with E-state index in [0.29, 0.717) is 6.54 Å². The molecule has 4 aromatic rings. The minimum atomic E-state index is -0.230. The molecule has 3 aromatic carbocycles. The number of anilines is 1. The van der Waals surface area contributed by atoms with Gasteiger partial charge in [-0.15, -0.1) is 11.8 Å². The lowest BCUT2D eigenvalue weighted by molar-refractivity contribution is 0.252. The molecule has 0 aliphatic heterocycles. The average molecular weight is 414 g/mol. The molecule has 0 bridgehead atoms. The van der Waals surface area contributed by atoms with Gasteiger partial charge in [-0.05, 0) is 71.2 Å². The number of urea groups is 1. The molecule has 0 radical (unpaired) electrons. The van der Waals surface area contributed by atoms with Crippen LogP contribution in [0.15, 0.2) is 84.0 Å². The SMILES string of the molecule is CSc1ccc(NC(=O)NCc2ccc(-c3ccccc3C)c3ccncc23)cc1. The number of rotatable bonds is 5. The van der Waals surface area contributed by atoms with Crippen LogP contribution in [-0.4, -0.2) is 17.3 Å². The zero-order chi connectivity index (χ0) is 20.9. The highest BCUT2D eigenvalue weighted by Gasteiger charge is 2.10. The Labute approximate surface area is 180 Å². The van der Waals surface area contributed by atoms with Crippen LogP contribution < -0.4 is 10.6 Å². The second-order valence-electron chi connectivity index (χ2n) is 7.04. The molecule has 1 heterocycles. The van der Waals surface area contributed by atoms with Gasteiger partial charge in [-0.3, -0.25) is 4.98 Å². The van der Waals surface area contributed by atoms with Crippen molar-refractivity contribution in [3.05, 3.63) is 90.3 Å². The summed E-state index contributed by atoms with van der Waals surface area (Å²) in [4.78, 5) is 17.8. The number of carbonyl (C=O) groups excluding carboxylic acids is 1. The van der Waals surface area contributed by atoms with Crippen molar-refractivity contribution in [1.82, 2.24) is 10.3 Å². The molecule has 2 N–H and O–H groups in total. The Hall–Kier alpha value is -3.31. The third-order valence-corrected chi connectivity index (χ3v) is 5.87. The van der Waals surface area contributed by atoms with Gasteiger partial charge in [0.05, 0.1) is 0 Å². The first kappa shape index (κ1) is 20.0. The summed E-state index contributed by atoms with van der Waals surface area (Å²) < 4.78 is 0. The number of aromatic nitrogens is 1. The van der Waals surface area contributed by atoms with Gasteiger partial charge in [-0.1, -0.05) is 36.4 Å². The summed E-state index contributed by atoms with van der Waals surface area (Å²) in [5.74, 6) is 0. The number of nitrogens with one attached hydrogen (secondary N) is 2. The van der Waals surface area contributed by atoms with Crippen molar-refractivity contribution >= 4 is 34.3 Å². The summed E-state index contributed by atoms with van der Waals surface area (Å²) in [7, 11) is 0. The first-order valence-corrected chi connectivity index (χ1v) is 11.0. The number of nitrogens with zero attached hydrogens (tertiary/aromatic N) is 1. The summed E-state index contributed by atoms with van der Waals surface area (Å²) in [6.07, 6.45) is 5.71. The van der Waals surface area contributed by atoms with E-state index in [1.165, 1.54) is 16.7 Å². The summed E-state index contributed by atoms with van der Waals surface area (Å²) in [5, 5.41) is 8.01. The van der Waals surface area contributed by atoms with Gasteiger partial charge in [-0.2, -0.15) is 0 Å². The van der Waals surface area contributed by atoms with E-state index in [1.54, 1.807) is 11.8 Å². The van der Waals surface area contributed by atoms with Crippen molar-refractivity contribution in [2.24, 2.45) is 0 Å². The van der Waals surface area contributed by atoms with Crippen molar-refractivity contribution in [2.75, 3.05) is 11.6 Å². The first-order valence-electron chi connectivity index (χ1n) is 9.76. The van der Waals surface area contributed by atoms with Crippen molar-refractivity contribution in [3.8, 4) is 11.1 Å². The zero-order valence-corrected chi connectivity index (χ0v) is 17.8. The topological polar surface area (TPSA) is 54.0 Å². The van der Waals surface area contributed by atoms with Crippen molar-refractivity contribution in [2.45, 2.75) is 18.4 Å². The highest BCUT2D eigenvalue weighted by molar-refractivity contribution is 7.98. The van der Waals surface area contributed by atoms with Gasteiger partial charge in [0.2, 0.25) is 0 Å². The van der Waals surface area contributed by atoms with E-state index in [1.807, 2.05) is 55.0 Å². The van der Waals surface area contributed by atoms with E-state index < -0.39 is 0 Å². The number of amides is 2. The van der Waals surface area contributed by atoms with E-state index in [0.717, 1.165) is 26.9 Å². The van der Waals surface area contributed by atoms with E-state index >= 15 is 0 Å². The molecule has 150 valence electrons. The van der Waals surface area contributed by atoms with Crippen LogP contribution in [-0.2, 0) is 6.54 Å². The molecule has 5 heteroatoms. The minimum Gasteiger partial charge on any atom is -0.334 e. The number of pyridine rings is 1. The molecule has 0 saturated heterocycles. The monoisotopic (exact) mass is 413 g/mol. The molecule has 0 aliphatic rings. The van der Waals surface area contributed by atoms with Crippen molar-refractivity contribution < 1.29 is 4.79 Å². The molecule has 0 spiro atoms. The van der Waals surface area contributed by atoms with Gasteiger partial charge >= 0.3 is 6.03 Å². The molecule has 0 aliphatic carbocycles. The molecule has 0 unspecified atom stereocenters. The zero-order valence-electron chi connectivity index (χ0n) is 17.0. The number of benzene rings is 3. The predicted molar refractivity (Wildman–Crippen MR) is 126 cm³/mol. The fourth-order valence-corrected chi connectivity index (χ4v) is 3.95. The lowest BCUT2D eigenvalue weighted by Gasteiger charge is -2.14. The Kier molecular flexibility index (Phi) is 6.00. The van der Waals surface area contributed by atoms with E-state index in [9.17, 15) is 4.79 Å². The average Bonchev–Trinajstić information content (AvgIpc) is 2.78. The van der Waals surface area contributed by atoms with Gasteiger partial charge < -0.3 is 10.6 Å². The van der Waals surface area contributed by atoms with Crippen LogP contribution in [0.1, 0.15) is 11.1 Å². The number of fused-ring (bicyclic) bond motifs is 1. The normalized spacial score (nSPS) is 10.7. The Balaban J connectivity index is 1.54. The van der Waals surface area contributed by atoms with Crippen LogP contribution in [0.5, 0.6) is 0 Å². The highest BCUT2D eigenvalue weighted by Crippen LogP contribution is 2.32. The molecule has 4 rings (SSSR count). The van der Waals surface area contributed by atoms with E-state index in [4.69, 9.17) is 0 Å². The standard InChI is InChI=1S/C25H23N3OS/c1-17-5-3-4-6-21(17)22-12-7-18(24-16-26-14-13-23(22)24)15-27-25(29)28-19-8-10-20(30-2)11-9-19/h3-14,16H,15H2,1-2H3,(H2,27,28,29). The molecule has 0 saturated carbocycles. The number of thioether (sulfide) groups is 1. The van der Waals surface area contributed by atoms with Gasteiger partial charge in [0.1, 0.15) is 0 Å². The molecule has 2 amide bonds. The maximum absolute atomic E-state index is 12.4. The fraction of sp³-hybridized carbons (Fsp3) is 0.120. The minimum absolute atomic E-state index is 0.230. The van der Waals surface area contributed by atoms with Gasteiger partial charge in [0.25, 0.3) is 0 Å². The van der Waals surface area contributed by atoms with Crippen LogP contribution in [0.2, 0.25) is 0 Å². The molecule has 0 atom stereocenters. The molecule has 4 nitrogen and oxygen atoms in total. The van der Waals surface area contributed by atoms with Crippen molar-refractivity contribution in [3.63, 3.8) is 0 Å². The molecule has 1 aromatic heterocycles. The lowest BCUT2D eigenvalue weighted by atomic mass is 9.94. The predicted octanol–water partition coefficient (Wildman–Crippen LogP) is 6.25. The van der Waals surface area contributed by atoms with Crippen LogP contribution in [0.25, 0.3) is 21.9 Å². The Morgan fingerprint density at radius 2 is 1.73 bits per heavy atom. The summed E-state index contributed by atoms with van der Waals surface area (Å²) in [6, 6.07) is 22.2. The van der Waals surface area contributed by atoms with Gasteiger partial charge in [-0.25, -0.2) is 4.79 Å². The fourth-order valence-electron chi connectivity index (χ4n) is 3.54. The second kappa shape index (κ2) is 9.01. The number of hydrogen-bond acceptors (Lipinski definition) is 3. The first-order chi connectivity index (χ1) is 14.7. The third-order valence-electron chi connectivity index (χ3n) is 5.13. The molecular weight excluding hydrogens is 390 g/mol. The largest absolute Gasteiger partial charge is 0.334 e. The van der Waals surface area contributed by atoms with E-state index in [-0.39, 0.29) is 6.03 Å². The second-order valence-corrected chi connectivity index (χ2v) is 7.92. The van der Waals surface area contributed by atoms with Crippen LogP contribution >= 0.6 is 11.8 Å². The van der Waals surface area contributed by atoms with Gasteiger partial charge in [0.15, 0.2) is 0 Å². The third kappa shape index (κ3) is 4.31. The highest BCUT2D eigenvalue weighted by atomic mass is 32.2. The number of aryl methyl sites for hydroxylation is 1. The lowest BCUT2D eigenvalue weighted by Crippen LogP contribution is -2.28. The maximum Gasteiger partial charge on any atom is 0.319 e. The molecular formula is C25H23N3OS.